The van der Waals surface area contributed by atoms with Gasteiger partial charge in [0.05, 0.1) is 11.0 Å². The molecule has 3 heterocycles. The highest BCUT2D eigenvalue weighted by Crippen LogP contribution is 2.30. The molecule has 0 radical (unpaired) electrons. The Morgan fingerprint density at radius 1 is 1.17 bits per heavy atom. The van der Waals surface area contributed by atoms with Crippen LogP contribution in [0.3, 0.4) is 0 Å². The smallest absolute Gasteiger partial charge is 0.138 e. The van der Waals surface area contributed by atoms with E-state index in [-0.39, 0.29) is 5.82 Å². The fraction of sp³-hybridized carbons (Fsp3) is 0.257. The van der Waals surface area contributed by atoms with Gasteiger partial charge >= 0.3 is 0 Å². The number of aromatic nitrogens is 4. The molecule has 6 heteroatoms. The summed E-state index contributed by atoms with van der Waals surface area (Å²) in [6.07, 6.45) is 17.3. The first kappa shape index (κ1) is 28.2. The highest BCUT2D eigenvalue weighted by molar-refractivity contribution is 5.96. The lowest BCUT2D eigenvalue weighted by Crippen LogP contribution is -2.24. The Bertz CT molecular complexity index is 1740. The zero-order valence-corrected chi connectivity index (χ0v) is 23.9. The normalized spacial score (nSPS) is 15.8. The number of allylic oxidation sites excluding steroid dienone is 4. The molecule has 0 amide bonds. The third-order valence-electron chi connectivity index (χ3n) is 7.89. The molecule has 1 fully saturated rings. The summed E-state index contributed by atoms with van der Waals surface area (Å²) in [7, 11) is 0. The van der Waals surface area contributed by atoms with Crippen LogP contribution in [-0.2, 0) is 0 Å². The van der Waals surface area contributed by atoms with E-state index in [4.69, 9.17) is 0 Å². The third-order valence-corrected chi connectivity index (χ3v) is 7.89. The molecule has 3 aromatic heterocycles. The largest absolute Gasteiger partial charge is 0.338 e. The molecular weight excluding hydrogens is 509 g/mol. The van der Waals surface area contributed by atoms with E-state index in [0.717, 1.165) is 79.8 Å². The minimum absolute atomic E-state index is 0.271. The maximum absolute atomic E-state index is 14.0. The number of rotatable bonds is 10. The van der Waals surface area contributed by atoms with Gasteiger partial charge in [-0.1, -0.05) is 62.4 Å². The van der Waals surface area contributed by atoms with Gasteiger partial charge in [-0.05, 0) is 97.3 Å². The minimum Gasteiger partial charge on any atom is -0.338 e. The van der Waals surface area contributed by atoms with Crippen LogP contribution < -0.4 is 15.9 Å². The average molecular weight is 548 g/mol. The van der Waals surface area contributed by atoms with Crippen LogP contribution in [0.25, 0.3) is 45.7 Å². The van der Waals surface area contributed by atoms with Crippen molar-refractivity contribution in [1.82, 2.24) is 25.5 Å². The van der Waals surface area contributed by atoms with Gasteiger partial charge < -0.3 is 10.3 Å². The zero-order valence-electron chi connectivity index (χ0n) is 23.9. The van der Waals surface area contributed by atoms with E-state index in [1.807, 2.05) is 44.2 Å². The van der Waals surface area contributed by atoms with Gasteiger partial charge in [0, 0.05) is 23.3 Å². The summed E-state index contributed by atoms with van der Waals surface area (Å²) in [5.74, 6) is 0.519. The molecule has 0 aliphatic heterocycles. The van der Waals surface area contributed by atoms with Gasteiger partial charge in [0.25, 0.3) is 0 Å². The van der Waals surface area contributed by atoms with Crippen LogP contribution in [0.5, 0.6) is 0 Å². The van der Waals surface area contributed by atoms with Crippen molar-refractivity contribution in [2.75, 3.05) is 13.1 Å². The number of aromatic amines is 2. The molecule has 0 saturated heterocycles. The molecule has 1 saturated carbocycles. The number of hydrogen-bond donors (Lipinski definition) is 3. The summed E-state index contributed by atoms with van der Waals surface area (Å²) in [5.41, 5.74) is 7.05. The Morgan fingerprint density at radius 2 is 2.00 bits per heavy atom. The molecule has 5 nitrogen and oxygen atoms in total. The summed E-state index contributed by atoms with van der Waals surface area (Å²) in [4.78, 5) is 7.95. The van der Waals surface area contributed by atoms with Crippen LogP contribution in [0.1, 0.15) is 39.5 Å². The van der Waals surface area contributed by atoms with Gasteiger partial charge in [-0.15, -0.1) is 0 Å². The summed E-state index contributed by atoms with van der Waals surface area (Å²) < 4.78 is 14.0. The molecule has 0 atom stereocenters. The fourth-order valence-electron chi connectivity index (χ4n) is 5.63. The van der Waals surface area contributed by atoms with Crippen LogP contribution in [0.15, 0.2) is 90.7 Å². The number of benzene rings is 1. The molecule has 1 aliphatic rings. The van der Waals surface area contributed by atoms with E-state index in [1.165, 1.54) is 37.8 Å². The Hall–Kier alpha value is -4.29. The van der Waals surface area contributed by atoms with Gasteiger partial charge in [-0.3, -0.25) is 5.10 Å². The lowest BCUT2D eigenvalue weighted by Gasteiger charge is -2.11. The number of nitrogens with zero attached hydrogens (tertiary/aromatic N) is 2. The van der Waals surface area contributed by atoms with Crippen molar-refractivity contribution in [1.29, 1.82) is 0 Å². The molecular formula is C35H38FN5. The summed E-state index contributed by atoms with van der Waals surface area (Å²) in [6.45, 7) is 14.3. The van der Waals surface area contributed by atoms with Crippen molar-refractivity contribution in [3.63, 3.8) is 0 Å². The average Bonchev–Trinajstić information content (AvgIpc) is 3.74. The monoisotopic (exact) mass is 547 g/mol. The van der Waals surface area contributed by atoms with E-state index in [9.17, 15) is 4.39 Å². The lowest BCUT2D eigenvalue weighted by atomic mass is 10.0. The first-order valence-corrected chi connectivity index (χ1v) is 14.4. The zero-order chi connectivity index (χ0) is 28.8. The van der Waals surface area contributed by atoms with Gasteiger partial charge in [0.1, 0.15) is 17.2 Å². The van der Waals surface area contributed by atoms with Gasteiger partial charge in [0.2, 0.25) is 0 Å². The van der Waals surface area contributed by atoms with Crippen molar-refractivity contribution >= 4 is 23.2 Å². The van der Waals surface area contributed by atoms with E-state index >= 15 is 0 Å². The van der Waals surface area contributed by atoms with Crippen molar-refractivity contribution in [3.8, 4) is 22.5 Å². The number of nitrogens with one attached hydrogen (secondary N) is 3. The number of hydrogen-bond acceptors (Lipinski definition) is 3. The molecule has 3 N–H and O–H groups in total. The van der Waals surface area contributed by atoms with Crippen molar-refractivity contribution in [2.45, 2.75) is 39.5 Å². The predicted octanol–water partition coefficient (Wildman–Crippen LogP) is 6.73. The molecule has 0 spiro atoms. The number of halogens is 1. The summed E-state index contributed by atoms with van der Waals surface area (Å²) in [5, 5.41) is 14.2. The minimum atomic E-state index is -0.271. The van der Waals surface area contributed by atoms with Crippen LogP contribution in [-0.4, -0.2) is 33.3 Å². The maximum atomic E-state index is 14.0. The molecule has 210 valence electrons. The Kier molecular flexibility index (Phi) is 8.90. The highest BCUT2D eigenvalue weighted by Gasteiger charge is 2.15. The van der Waals surface area contributed by atoms with Crippen LogP contribution in [0.4, 0.5) is 4.39 Å². The molecule has 5 rings (SSSR count). The second kappa shape index (κ2) is 12.9. The van der Waals surface area contributed by atoms with Crippen molar-refractivity contribution < 1.29 is 4.39 Å². The topological polar surface area (TPSA) is 69.4 Å². The number of fused-ring (bicyclic) bond motifs is 1. The molecule has 1 aromatic carbocycles. The van der Waals surface area contributed by atoms with Gasteiger partial charge in [0.15, 0.2) is 0 Å². The molecule has 41 heavy (non-hydrogen) atoms. The quantitative estimate of drug-likeness (QED) is 0.193. The highest BCUT2D eigenvalue weighted by atomic mass is 19.1. The van der Waals surface area contributed by atoms with E-state index in [1.54, 1.807) is 12.3 Å². The SMILES string of the molecule is C=C/C(=C\C(=C/C)C(=C)/C=c1/c(-c2cc3c(-c4cccc(F)c4)ccnc3[nH]2)n[nH]/c1=C/C)CNCC1CCCC1. The number of pyridine rings is 1. The van der Waals surface area contributed by atoms with Gasteiger partial charge in [-0.25, -0.2) is 9.37 Å². The van der Waals surface area contributed by atoms with Crippen LogP contribution >= 0.6 is 0 Å². The van der Waals surface area contributed by atoms with E-state index < -0.39 is 0 Å². The standard InChI is InChI=1S/C35H38FN5/c1-5-24(21-37-22-25-11-8-9-12-25)18-26(6-2)23(4)17-31-32(7-3)40-41-34(31)33-20-30-29(15-16-38-35(30)39-33)27-13-10-14-28(36)19-27/h5-7,10,13-20,25,37,40H,1,4,8-9,11-12,21-22H2,2-3H3,(H,38,39)/b24-18+,26-6+,31-17+,32-7+. The first-order chi connectivity index (χ1) is 20.0. The molecule has 4 aromatic rings. The van der Waals surface area contributed by atoms with E-state index in [0.29, 0.717) is 0 Å². The Morgan fingerprint density at radius 3 is 2.73 bits per heavy atom. The number of H-pyrrole nitrogens is 2. The van der Waals surface area contributed by atoms with E-state index in [2.05, 4.69) is 56.9 Å². The summed E-state index contributed by atoms with van der Waals surface area (Å²) in [6, 6.07) is 10.5. The second-order valence-corrected chi connectivity index (χ2v) is 10.6. The van der Waals surface area contributed by atoms with Crippen molar-refractivity contribution in [3.05, 3.63) is 107 Å². The first-order valence-electron chi connectivity index (χ1n) is 14.4. The maximum Gasteiger partial charge on any atom is 0.138 e. The fourth-order valence-corrected chi connectivity index (χ4v) is 5.63. The van der Waals surface area contributed by atoms with Crippen molar-refractivity contribution in [2.24, 2.45) is 5.92 Å². The van der Waals surface area contributed by atoms with Gasteiger partial charge in [-0.2, -0.15) is 5.10 Å². The Labute approximate surface area is 241 Å². The third kappa shape index (κ3) is 6.39. The second-order valence-electron chi connectivity index (χ2n) is 10.6. The Balaban J connectivity index is 1.46. The molecule has 1 aliphatic carbocycles. The van der Waals surface area contributed by atoms with Crippen LogP contribution in [0.2, 0.25) is 0 Å². The molecule has 0 bridgehead atoms. The molecule has 0 unspecified atom stereocenters. The lowest BCUT2D eigenvalue weighted by molar-refractivity contribution is 0.503. The summed E-state index contributed by atoms with van der Waals surface area (Å²) >= 11 is 0. The van der Waals surface area contributed by atoms with Crippen LogP contribution in [0, 0.1) is 11.7 Å². The predicted molar refractivity (Wildman–Crippen MR) is 169 cm³/mol.